The van der Waals surface area contributed by atoms with E-state index in [9.17, 15) is 9.59 Å². The van der Waals surface area contributed by atoms with Crippen molar-refractivity contribution in [2.24, 2.45) is 5.73 Å². The lowest BCUT2D eigenvalue weighted by Crippen LogP contribution is -2.30. The average Bonchev–Trinajstić information content (AvgIpc) is 2.25. The molecule has 4 N–H and O–H groups in total. The maximum Gasteiger partial charge on any atom is 0.320 e. The third kappa shape index (κ3) is 8.90. The van der Waals surface area contributed by atoms with Gasteiger partial charge in [-0.2, -0.15) is 0 Å². The van der Waals surface area contributed by atoms with Crippen molar-refractivity contribution >= 4 is 34.5 Å². The standard InChI is InChI=1S/C10H19IN2O3/c11-6-3-5-9(14)13-7-2-1-4-8(12)10(15)16/h8H,1-7,12H2,(H,13,14)(H,15,16)/t8-/m0/s1. The zero-order valence-electron chi connectivity index (χ0n) is 9.25. The average molecular weight is 342 g/mol. The molecule has 0 aliphatic carbocycles. The molecular weight excluding hydrogens is 323 g/mol. The number of unbranched alkanes of at least 4 members (excludes halogenated alkanes) is 1. The first-order chi connectivity index (χ1) is 7.57. The van der Waals surface area contributed by atoms with Crippen molar-refractivity contribution in [3.8, 4) is 0 Å². The van der Waals surface area contributed by atoms with Gasteiger partial charge < -0.3 is 16.2 Å². The van der Waals surface area contributed by atoms with Gasteiger partial charge in [0.15, 0.2) is 0 Å². The number of carboxylic acid groups (broad SMARTS) is 1. The van der Waals surface area contributed by atoms with Gasteiger partial charge in [0.25, 0.3) is 0 Å². The molecule has 6 heteroatoms. The van der Waals surface area contributed by atoms with E-state index < -0.39 is 12.0 Å². The summed E-state index contributed by atoms with van der Waals surface area (Å²) in [7, 11) is 0. The van der Waals surface area contributed by atoms with Crippen LogP contribution in [0.1, 0.15) is 32.1 Å². The van der Waals surface area contributed by atoms with E-state index in [0.717, 1.165) is 23.7 Å². The second-order valence-electron chi connectivity index (χ2n) is 3.58. The first-order valence-electron chi connectivity index (χ1n) is 5.39. The van der Waals surface area contributed by atoms with Crippen molar-refractivity contribution in [2.75, 3.05) is 11.0 Å². The summed E-state index contributed by atoms with van der Waals surface area (Å²) < 4.78 is 0.985. The predicted molar refractivity (Wildman–Crippen MR) is 70.6 cm³/mol. The maximum atomic E-state index is 11.2. The van der Waals surface area contributed by atoms with Crippen LogP contribution in [0.4, 0.5) is 0 Å². The molecule has 0 aliphatic rings. The van der Waals surface area contributed by atoms with Gasteiger partial charge in [-0.25, -0.2) is 0 Å². The number of carboxylic acids is 1. The highest BCUT2D eigenvalue weighted by Crippen LogP contribution is 1.99. The van der Waals surface area contributed by atoms with E-state index in [1.165, 1.54) is 0 Å². The molecule has 1 amide bonds. The molecule has 0 saturated carbocycles. The second kappa shape index (κ2) is 9.83. The fourth-order valence-corrected chi connectivity index (χ4v) is 1.54. The lowest BCUT2D eigenvalue weighted by atomic mass is 10.1. The molecule has 0 saturated heterocycles. The quantitative estimate of drug-likeness (QED) is 0.330. The Bertz CT molecular complexity index is 224. The number of amides is 1. The number of alkyl halides is 1. The molecule has 94 valence electrons. The Hall–Kier alpha value is -0.370. The Kier molecular flexibility index (Phi) is 9.60. The van der Waals surface area contributed by atoms with Gasteiger partial charge in [-0.3, -0.25) is 9.59 Å². The monoisotopic (exact) mass is 342 g/mol. The highest BCUT2D eigenvalue weighted by atomic mass is 127. The summed E-state index contributed by atoms with van der Waals surface area (Å²) in [6.45, 7) is 0.604. The molecule has 0 aromatic heterocycles. The molecule has 0 unspecified atom stereocenters. The van der Waals surface area contributed by atoms with E-state index in [2.05, 4.69) is 27.9 Å². The van der Waals surface area contributed by atoms with E-state index in [4.69, 9.17) is 10.8 Å². The van der Waals surface area contributed by atoms with Gasteiger partial charge >= 0.3 is 5.97 Å². The number of nitrogens with one attached hydrogen (secondary N) is 1. The molecule has 0 aliphatic heterocycles. The van der Waals surface area contributed by atoms with E-state index in [1.54, 1.807) is 0 Å². The minimum absolute atomic E-state index is 0.0687. The summed E-state index contributed by atoms with van der Waals surface area (Å²) in [6, 6.07) is -0.783. The molecule has 0 fully saturated rings. The van der Waals surface area contributed by atoms with Crippen LogP contribution in [0.3, 0.4) is 0 Å². The fourth-order valence-electron chi connectivity index (χ4n) is 1.16. The molecule has 0 aromatic rings. The topological polar surface area (TPSA) is 92.4 Å². The molecule has 0 bridgehead atoms. The summed E-state index contributed by atoms with van der Waals surface area (Å²) in [5.41, 5.74) is 5.34. The third-order valence-electron chi connectivity index (χ3n) is 2.12. The SMILES string of the molecule is N[C@@H](CCCCNC(=O)CCCI)C(=O)O. The molecule has 0 rings (SSSR count). The first-order valence-corrected chi connectivity index (χ1v) is 6.91. The molecule has 5 nitrogen and oxygen atoms in total. The molecule has 0 heterocycles. The Morgan fingerprint density at radius 2 is 2.00 bits per heavy atom. The number of carbonyl (C=O) groups is 2. The van der Waals surface area contributed by atoms with Gasteiger partial charge in [0.05, 0.1) is 0 Å². The Morgan fingerprint density at radius 3 is 2.56 bits per heavy atom. The lowest BCUT2D eigenvalue weighted by molar-refractivity contribution is -0.138. The molecule has 0 radical (unpaired) electrons. The van der Waals surface area contributed by atoms with Gasteiger partial charge in [-0.05, 0) is 25.7 Å². The van der Waals surface area contributed by atoms with Crippen LogP contribution in [-0.2, 0) is 9.59 Å². The molecule has 0 spiro atoms. The Morgan fingerprint density at radius 1 is 1.31 bits per heavy atom. The summed E-state index contributed by atoms with van der Waals surface area (Å²) in [6.07, 6.45) is 3.42. The summed E-state index contributed by atoms with van der Waals surface area (Å²) in [5, 5.41) is 11.3. The number of hydrogen-bond donors (Lipinski definition) is 3. The predicted octanol–water partition coefficient (Wildman–Crippen LogP) is 0.900. The summed E-state index contributed by atoms with van der Waals surface area (Å²) in [4.78, 5) is 21.6. The van der Waals surface area contributed by atoms with Gasteiger partial charge in [-0.1, -0.05) is 22.6 Å². The maximum absolute atomic E-state index is 11.2. The number of hydrogen-bond acceptors (Lipinski definition) is 3. The number of carbonyl (C=O) groups excluding carboxylic acids is 1. The number of aliphatic carboxylic acids is 1. The van der Waals surface area contributed by atoms with Gasteiger partial charge in [0.1, 0.15) is 6.04 Å². The zero-order valence-corrected chi connectivity index (χ0v) is 11.4. The second-order valence-corrected chi connectivity index (χ2v) is 4.66. The highest BCUT2D eigenvalue weighted by Gasteiger charge is 2.09. The van der Waals surface area contributed by atoms with E-state index in [0.29, 0.717) is 19.4 Å². The van der Waals surface area contributed by atoms with Crippen LogP contribution in [0.15, 0.2) is 0 Å². The smallest absolute Gasteiger partial charge is 0.320 e. The Labute approximate surface area is 109 Å². The largest absolute Gasteiger partial charge is 0.480 e. The highest BCUT2D eigenvalue weighted by molar-refractivity contribution is 14.1. The number of nitrogens with two attached hydrogens (primary N) is 1. The van der Waals surface area contributed by atoms with Crippen LogP contribution < -0.4 is 11.1 Å². The van der Waals surface area contributed by atoms with Gasteiger partial charge in [-0.15, -0.1) is 0 Å². The summed E-state index contributed by atoms with van der Waals surface area (Å²) >= 11 is 2.24. The van der Waals surface area contributed by atoms with Crippen LogP contribution in [0, 0.1) is 0 Å². The van der Waals surface area contributed by atoms with Crippen molar-refractivity contribution in [2.45, 2.75) is 38.1 Å². The van der Waals surface area contributed by atoms with Crippen molar-refractivity contribution in [3.05, 3.63) is 0 Å². The van der Waals surface area contributed by atoms with E-state index >= 15 is 0 Å². The van der Waals surface area contributed by atoms with Crippen molar-refractivity contribution in [3.63, 3.8) is 0 Å². The third-order valence-corrected chi connectivity index (χ3v) is 2.88. The van der Waals surface area contributed by atoms with Crippen LogP contribution in [0.2, 0.25) is 0 Å². The molecular formula is C10H19IN2O3. The molecule has 1 atom stereocenters. The fraction of sp³-hybridized carbons (Fsp3) is 0.800. The normalized spacial score (nSPS) is 12.1. The van der Waals surface area contributed by atoms with Crippen LogP contribution in [0.5, 0.6) is 0 Å². The minimum Gasteiger partial charge on any atom is -0.480 e. The molecule has 0 aromatic carbocycles. The van der Waals surface area contributed by atoms with Crippen LogP contribution >= 0.6 is 22.6 Å². The van der Waals surface area contributed by atoms with Crippen molar-refractivity contribution in [1.29, 1.82) is 0 Å². The van der Waals surface area contributed by atoms with Gasteiger partial charge in [0, 0.05) is 17.4 Å². The number of rotatable bonds is 9. The van der Waals surface area contributed by atoms with Crippen LogP contribution in [0.25, 0.3) is 0 Å². The van der Waals surface area contributed by atoms with Crippen molar-refractivity contribution in [1.82, 2.24) is 5.32 Å². The Balaban J connectivity index is 3.33. The first kappa shape index (κ1) is 15.6. The minimum atomic E-state index is -0.967. The van der Waals surface area contributed by atoms with Crippen molar-refractivity contribution < 1.29 is 14.7 Å². The summed E-state index contributed by atoms with van der Waals surface area (Å²) in [5.74, 6) is -0.898. The zero-order chi connectivity index (χ0) is 12.4. The van der Waals surface area contributed by atoms with E-state index in [-0.39, 0.29) is 5.91 Å². The van der Waals surface area contributed by atoms with Gasteiger partial charge in [0.2, 0.25) is 5.91 Å². The molecule has 16 heavy (non-hydrogen) atoms. The number of halogens is 1. The lowest BCUT2D eigenvalue weighted by Gasteiger charge is -2.06. The van der Waals surface area contributed by atoms with Crippen LogP contribution in [-0.4, -0.2) is 34.0 Å². The van der Waals surface area contributed by atoms with E-state index in [1.807, 2.05) is 0 Å².